The predicted octanol–water partition coefficient (Wildman–Crippen LogP) is 3.95. The summed E-state index contributed by atoms with van der Waals surface area (Å²) in [4.78, 5) is 24.5. The van der Waals surface area contributed by atoms with Crippen LogP contribution in [0, 0.1) is 0 Å². The molecule has 4 heteroatoms. The van der Waals surface area contributed by atoms with Crippen LogP contribution in [0.3, 0.4) is 0 Å². The van der Waals surface area contributed by atoms with Crippen LogP contribution in [0.1, 0.15) is 80.2 Å². The maximum Gasteiger partial charge on any atom is 0.342 e. The molecule has 1 heterocycles. The summed E-state index contributed by atoms with van der Waals surface area (Å²) >= 11 is 0. The number of Topliss-reactive ketones (excluding diaryl/α,β-unsaturated/α-hetero) is 1. The third-order valence-corrected chi connectivity index (χ3v) is 2.90. The van der Waals surface area contributed by atoms with Gasteiger partial charge in [-0.1, -0.05) is 20.8 Å². The van der Waals surface area contributed by atoms with Gasteiger partial charge in [-0.3, -0.25) is 4.79 Å². The summed E-state index contributed by atoms with van der Waals surface area (Å²) in [7, 11) is 0. The average molecular weight is 280 g/mol. The van der Waals surface area contributed by atoms with E-state index in [0.717, 1.165) is 0 Å². The summed E-state index contributed by atoms with van der Waals surface area (Å²) in [5.41, 5.74) is 0.116. The lowest BCUT2D eigenvalue weighted by atomic mass is 10.0. The molecule has 0 aliphatic heterocycles. The molecule has 0 bridgehead atoms. The zero-order chi connectivity index (χ0) is 15.5. The van der Waals surface area contributed by atoms with Gasteiger partial charge in [0.25, 0.3) is 0 Å². The van der Waals surface area contributed by atoms with Crippen LogP contribution < -0.4 is 0 Å². The molecule has 1 aromatic rings. The molecule has 0 spiro atoms. The van der Waals surface area contributed by atoms with Gasteiger partial charge in [0.1, 0.15) is 22.7 Å². The Morgan fingerprint density at radius 2 is 1.50 bits per heavy atom. The van der Waals surface area contributed by atoms with Crippen LogP contribution in [-0.4, -0.2) is 17.4 Å². The average Bonchev–Trinajstić information content (AvgIpc) is 2.74. The lowest BCUT2D eigenvalue weighted by molar-refractivity contribution is 0.00657. The first kappa shape index (κ1) is 16.5. The molecule has 0 N–H and O–H groups in total. The largest absolute Gasteiger partial charge is 0.464 e. The van der Waals surface area contributed by atoms with Crippen molar-refractivity contribution >= 4 is 11.8 Å². The molecule has 4 nitrogen and oxygen atoms in total. The Hall–Kier alpha value is -1.58. The molecule has 0 saturated heterocycles. The molecule has 0 atom stereocenters. The number of aryl methyl sites for hydroxylation is 2. The maximum absolute atomic E-state index is 12.4. The number of ketones is 1. The molecule has 0 unspecified atom stereocenters. The van der Waals surface area contributed by atoms with Crippen molar-refractivity contribution in [2.24, 2.45) is 0 Å². The third-order valence-electron chi connectivity index (χ3n) is 2.90. The summed E-state index contributed by atoms with van der Waals surface area (Å²) in [6, 6.07) is 0. The van der Waals surface area contributed by atoms with Crippen LogP contribution in [0.2, 0.25) is 0 Å². The smallest absolute Gasteiger partial charge is 0.342 e. The van der Waals surface area contributed by atoms with Gasteiger partial charge in [-0.25, -0.2) is 4.79 Å². The number of hydrogen-bond acceptors (Lipinski definition) is 4. The molecule has 20 heavy (non-hydrogen) atoms. The first-order chi connectivity index (χ1) is 9.25. The molecule has 0 aliphatic carbocycles. The lowest BCUT2D eigenvalue weighted by Crippen LogP contribution is -2.25. The summed E-state index contributed by atoms with van der Waals surface area (Å²) in [6.07, 6.45) is 1.47. The van der Waals surface area contributed by atoms with Gasteiger partial charge in [0.15, 0.2) is 5.78 Å². The second kappa shape index (κ2) is 6.25. The van der Waals surface area contributed by atoms with Gasteiger partial charge in [0.05, 0.1) is 5.56 Å². The number of esters is 1. The van der Waals surface area contributed by atoms with E-state index < -0.39 is 11.6 Å². The first-order valence-corrected chi connectivity index (χ1v) is 7.16. The van der Waals surface area contributed by atoms with Gasteiger partial charge in [-0.2, -0.15) is 0 Å². The molecule has 112 valence electrons. The molecule has 0 radical (unpaired) electrons. The number of carbonyl (C=O) groups is 2. The zero-order valence-electron chi connectivity index (χ0n) is 13.3. The fourth-order valence-corrected chi connectivity index (χ4v) is 2.04. The second-order valence-electron chi connectivity index (χ2n) is 5.68. The highest BCUT2D eigenvalue weighted by Crippen LogP contribution is 2.27. The minimum Gasteiger partial charge on any atom is -0.464 e. The van der Waals surface area contributed by atoms with E-state index in [1.54, 1.807) is 27.7 Å². The van der Waals surface area contributed by atoms with Crippen LogP contribution in [0.15, 0.2) is 4.42 Å². The van der Waals surface area contributed by atoms with E-state index >= 15 is 0 Å². The van der Waals surface area contributed by atoms with E-state index in [1.807, 2.05) is 13.8 Å². The van der Waals surface area contributed by atoms with Crippen molar-refractivity contribution in [3.05, 3.63) is 22.6 Å². The Morgan fingerprint density at radius 1 is 1.00 bits per heavy atom. The van der Waals surface area contributed by atoms with Gasteiger partial charge in [-0.15, -0.1) is 0 Å². The molecular weight excluding hydrogens is 256 g/mol. The van der Waals surface area contributed by atoms with Crippen LogP contribution in [-0.2, 0) is 17.6 Å². The second-order valence-corrected chi connectivity index (χ2v) is 5.68. The van der Waals surface area contributed by atoms with E-state index in [2.05, 4.69) is 0 Å². The Bertz CT molecular complexity index is 503. The van der Waals surface area contributed by atoms with Crippen molar-refractivity contribution < 1.29 is 18.7 Å². The van der Waals surface area contributed by atoms with Gasteiger partial charge in [0, 0.05) is 19.3 Å². The fraction of sp³-hybridized carbons (Fsp3) is 0.625. The molecule has 1 rings (SSSR count). The highest BCUT2D eigenvalue weighted by atomic mass is 16.6. The molecule has 0 amide bonds. The number of hydrogen-bond donors (Lipinski definition) is 0. The van der Waals surface area contributed by atoms with Gasteiger partial charge in [0.2, 0.25) is 0 Å². The van der Waals surface area contributed by atoms with E-state index in [0.29, 0.717) is 41.9 Å². The summed E-state index contributed by atoms with van der Waals surface area (Å²) in [6.45, 7) is 11.0. The van der Waals surface area contributed by atoms with E-state index in [1.165, 1.54) is 0 Å². The van der Waals surface area contributed by atoms with Crippen molar-refractivity contribution in [1.29, 1.82) is 0 Å². The molecule has 0 saturated carbocycles. The van der Waals surface area contributed by atoms with Crippen LogP contribution in [0.5, 0.6) is 0 Å². The maximum atomic E-state index is 12.4. The summed E-state index contributed by atoms with van der Waals surface area (Å²) < 4.78 is 11.1. The van der Waals surface area contributed by atoms with Crippen LogP contribution in [0.25, 0.3) is 0 Å². The number of ether oxygens (including phenoxy) is 1. The standard InChI is InChI=1S/C16H24O4/c1-7-10(17)13-11(8-2)19-12(9-3)14(13)15(18)20-16(4,5)6/h7-9H2,1-6H3. The molecule has 0 fully saturated rings. The van der Waals surface area contributed by atoms with Gasteiger partial charge < -0.3 is 9.15 Å². The number of carbonyl (C=O) groups excluding carboxylic acids is 2. The lowest BCUT2D eigenvalue weighted by Gasteiger charge is -2.19. The highest BCUT2D eigenvalue weighted by molar-refractivity contribution is 6.07. The monoisotopic (exact) mass is 280 g/mol. The first-order valence-electron chi connectivity index (χ1n) is 7.16. The molecule has 1 aromatic heterocycles. The van der Waals surface area contributed by atoms with E-state index in [-0.39, 0.29) is 5.78 Å². The topological polar surface area (TPSA) is 56.5 Å². The van der Waals surface area contributed by atoms with Crippen molar-refractivity contribution in [3.63, 3.8) is 0 Å². The van der Waals surface area contributed by atoms with Crippen LogP contribution >= 0.6 is 0 Å². The molecule has 0 aromatic carbocycles. The van der Waals surface area contributed by atoms with Crippen molar-refractivity contribution in [3.8, 4) is 0 Å². The van der Waals surface area contributed by atoms with Crippen molar-refractivity contribution in [1.82, 2.24) is 0 Å². The van der Waals surface area contributed by atoms with Crippen molar-refractivity contribution in [2.45, 2.75) is 66.4 Å². The van der Waals surface area contributed by atoms with E-state index in [4.69, 9.17) is 9.15 Å². The zero-order valence-corrected chi connectivity index (χ0v) is 13.3. The minimum absolute atomic E-state index is 0.0776. The van der Waals surface area contributed by atoms with E-state index in [9.17, 15) is 9.59 Å². The van der Waals surface area contributed by atoms with Gasteiger partial charge >= 0.3 is 5.97 Å². The summed E-state index contributed by atoms with van der Waals surface area (Å²) in [5.74, 6) is 0.559. The number of furan rings is 1. The quantitative estimate of drug-likeness (QED) is 0.605. The normalized spacial score (nSPS) is 11.5. The Kier molecular flexibility index (Phi) is 5.15. The van der Waals surface area contributed by atoms with Gasteiger partial charge in [-0.05, 0) is 20.8 Å². The Balaban J connectivity index is 3.38. The minimum atomic E-state index is -0.599. The number of rotatable bonds is 5. The molecular formula is C16H24O4. The predicted molar refractivity (Wildman–Crippen MR) is 77.3 cm³/mol. The Labute approximate surface area is 120 Å². The van der Waals surface area contributed by atoms with Crippen molar-refractivity contribution in [2.75, 3.05) is 0 Å². The highest BCUT2D eigenvalue weighted by Gasteiger charge is 2.30. The third kappa shape index (κ3) is 3.50. The fourth-order valence-electron chi connectivity index (χ4n) is 2.04. The SMILES string of the molecule is CCC(=O)c1c(CC)oc(CC)c1C(=O)OC(C)(C)C. The summed E-state index contributed by atoms with van der Waals surface area (Å²) in [5, 5.41) is 0. The van der Waals surface area contributed by atoms with Crippen LogP contribution in [0.4, 0.5) is 0 Å². The Morgan fingerprint density at radius 3 is 1.90 bits per heavy atom. The molecule has 0 aliphatic rings.